The Labute approximate surface area is 100 Å². The van der Waals surface area contributed by atoms with E-state index >= 15 is 0 Å². The molecule has 0 aliphatic carbocycles. The minimum absolute atomic E-state index is 0.0647. The Morgan fingerprint density at radius 1 is 1.53 bits per heavy atom. The highest BCUT2D eigenvalue weighted by molar-refractivity contribution is 5.82. The number of carbonyl (C=O) groups is 1. The first-order valence-corrected chi connectivity index (χ1v) is 5.88. The molecular formula is C11H18N4O2. The van der Waals surface area contributed by atoms with Crippen molar-refractivity contribution >= 4 is 5.91 Å². The summed E-state index contributed by atoms with van der Waals surface area (Å²) in [6.07, 6.45) is 1.73. The van der Waals surface area contributed by atoms with Gasteiger partial charge in [0.1, 0.15) is 0 Å². The molecule has 1 aliphatic heterocycles. The Morgan fingerprint density at radius 3 is 2.82 bits per heavy atom. The molecule has 1 aromatic heterocycles. The first kappa shape index (κ1) is 12.0. The van der Waals surface area contributed by atoms with Gasteiger partial charge in [-0.25, -0.2) is 0 Å². The van der Waals surface area contributed by atoms with Crippen molar-refractivity contribution in [2.75, 3.05) is 13.1 Å². The SMILES string of the molecule is Cc1noc(CNC(=O)C2(C)CCNCC2)n1. The first-order valence-electron chi connectivity index (χ1n) is 5.88. The average Bonchev–Trinajstić information content (AvgIpc) is 2.73. The highest BCUT2D eigenvalue weighted by Crippen LogP contribution is 2.27. The standard InChI is InChI=1S/C11H18N4O2/c1-8-14-9(17-15-8)7-13-10(16)11(2)3-5-12-6-4-11/h12H,3-7H2,1-2H3,(H,13,16). The maximum atomic E-state index is 12.1. The van der Waals surface area contributed by atoms with Crippen molar-refractivity contribution in [2.24, 2.45) is 5.41 Å². The lowest BCUT2D eigenvalue weighted by Gasteiger charge is -2.32. The summed E-state index contributed by atoms with van der Waals surface area (Å²) in [5, 5.41) is 9.79. The topological polar surface area (TPSA) is 80.0 Å². The van der Waals surface area contributed by atoms with Crippen LogP contribution in [0.2, 0.25) is 0 Å². The fourth-order valence-corrected chi connectivity index (χ4v) is 1.99. The Bertz CT molecular complexity index is 396. The number of hydrogen-bond donors (Lipinski definition) is 2. The summed E-state index contributed by atoms with van der Waals surface area (Å²) in [7, 11) is 0. The van der Waals surface area contributed by atoms with Gasteiger partial charge in [0.15, 0.2) is 5.82 Å². The van der Waals surface area contributed by atoms with Crippen LogP contribution < -0.4 is 10.6 Å². The smallest absolute Gasteiger partial charge is 0.246 e. The van der Waals surface area contributed by atoms with Crippen LogP contribution in [-0.2, 0) is 11.3 Å². The monoisotopic (exact) mass is 238 g/mol. The summed E-state index contributed by atoms with van der Waals surface area (Å²) in [6, 6.07) is 0. The molecule has 6 nitrogen and oxygen atoms in total. The molecule has 2 N–H and O–H groups in total. The maximum absolute atomic E-state index is 12.1. The normalized spacial score (nSPS) is 18.9. The van der Waals surface area contributed by atoms with Gasteiger partial charge in [0.05, 0.1) is 6.54 Å². The molecule has 0 spiro atoms. The number of amides is 1. The van der Waals surface area contributed by atoms with E-state index in [0.717, 1.165) is 25.9 Å². The van der Waals surface area contributed by atoms with Crippen LogP contribution in [0.4, 0.5) is 0 Å². The molecule has 0 saturated carbocycles. The summed E-state index contributed by atoms with van der Waals surface area (Å²) in [5.41, 5.74) is -0.277. The van der Waals surface area contributed by atoms with E-state index in [9.17, 15) is 4.79 Å². The van der Waals surface area contributed by atoms with Gasteiger partial charge < -0.3 is 15.2 Å². The molecule has 2 rings (SSSR count). The van der Waals surface area contributed by atoms with Gasteiger partial charge in [-0.15, -0.1) is 0 Å². The Morgan fingerprint density at radius 2 is 2.24 bits per heavy atom. The lowest BCUT2D eigenvalue weighted by molar-refractivity contribution is -0.131. The number of rotatable bonds is 3. The van der Waals surface area contributed by atoms with Crippen LogP contribution in [0.15, 0.2) is 4.52 Å². The van der Waals surface area contributed by atoms with Crippen LogP contribution in [0.1, 0.15) is 31.5 Å². The maximum Gasteiger partial charge on any atom is 0.246 e. The van der Waals surface area contributed by atoms with Gasteiger partial charge in [-0.3, -0.25) is 4.79 Å². The number of hydrogen-bond acceptors (Lipinski definition) is 5. The summed E-state index contributed by atoms with van der Waals surface area (Å²) in [5.74, 6) is 1.10. The third-order valence-corrected chi connectivity index (χ3v) is 3.23. The summed E-state index contributed by atoms with van der Waals surface area (Å²) in [6.45, 7) is 5.85. The average molecular weight is 238 g/mol. The van der Waals surface area contributed by atoms with Crippen LogP contribution in [-0.4, -0.2) is 29.1 Å². The molecule has 6 heteroatoms. The van der Waals surface area contributed by atoms with E-state index in [1.807, 2.05) is 6.92 Å². The summed E-state index contributed by atoms with van der Waals surface area (Å²) < 4.78 is 4.95. The zero-order chi connectivity index (χ0) is 12.3. The lowest BCUT2D eigenvalue weighted by atomic mass is 9.80. The Hall–Kier alpha value is -1.43. The van der Waals surface area contributed by atoms with Gasteiger partial charge in [-0.1, -0.05) is 12.1 Å². The van der Waals surface area contributed by atoms with Crippen molar-refractivity contribution in [3.8, 4) is 0 Å². The van der Waals surface area contributed by atoms with Crippen LogP contribution in [0, 0.1) is 12.3 Å². The van der Waals surface area contributed by atoms with Gasteiger partial charge in [0.2, 0.25) is 11.8 Å². The van der Waals surface area contributed by atoms with Gasteiger partial charge in [0.25, 0.3) is 0 Å². The molecule has 0 unspecified atom stereocenters. The van der Waals surface area contributed by atoms with Crippen molar-refractivity contribution in [1.29, 1.82) is 0 Å². The van der Waals surface area contributed by atoms with Crippen molar-refractivity contribution in [1.82, 2.24) is 20.8 Å². The third-order valence-electron chi connectivity index (χ3n) is 3.23. The number of aryl methyl sites for hydroxylation is 1. The zero-order valence-corrected chi connectivity index (χ0v) is 10.2. The van der Waals surface area contributed by atoms with Crippen LogP contribution in [0.3, 0.4) is 0 Å². The molecule has 1 aromatic rings. The van der Waals surface area contributed by atoms with E-state index in [1.54, 1.807) is 6.92 Å². The highest BCUT2D eigenvalue weighted by atomic mass is 16.5. The largest absolute Gasteiger partial charge is 0.347 e. The minimum atomic E-state index is -0.277. The van der Waals surface area contributed by atoms with Crippen LogP contribution in [0.25, 0.3) is 0 Å². The molecule has 1 fully saturated rings. The second-order valence-electron chi connectivity index (χ2n) is 4.73. The van der Waals surface area contributed by atoms with Crippen molar-refractivity contribution in [3.63, 3.8) is 0 Å². The van der Waals surface area contributed by atoms with Crippen molar-refractivity contribution in [2.45, 2.75) is 33.2 Å². The van der Waals surface area contributed by atoms with Gasteiger partial charge in [-0.2, -0.15) is 4.98 Å². The van der Waals surface area contributed by atoms with Crippen molar-refractivity contribution in [3.05, 3.63) is 11.7 Å². The van der Waals surface area contributed by atoms with E-state index in [1.165, 1.54) is 0 Å². The highest BCUT2D eigenvalue weighted by Gasteiger charge is 2.34. The zero-order valence-electron chi connectivity index (χ0n) is 10.2. The van der Waals surface area contributed by atoms with Gasteiger partial charge in [-0.05, 0) is 32.9 Å². The van der Waals surface area contributed by atoms with E-state index in [4.69, 9.17) is 4.52 Å². The predicted molar refractivity (Wildman–Crippen MR) is 61.1 cm³/mol. The van der Waals surface area contributed by atoms with E-state index in [2.05, 4.69) is 20.8 Å². The fourth-order valence-electron chi connectivity index (χ4n) is 1.99. The van der Waals surface area contributed by atoms with Crippen LogP contribution >= 0.6 is 0 Å². The molecule has 1 saturated heterocycles. The Balaban J connectivity index is 1.88. The molecule has 1 amide bonds. The molecule has 0 bridgehead atoms. The molecular weight excluding hydrogens is 220 g/mol. The van der Waals surface area contributed by atoms with E-state index < -0.39 is 0 Å². The van der Waals surface area contributed by atoms with E-state index in [0.29, 0.717) is 18.3 Å². The lowest BCUT2D eigenvalue weighted by Crippen LogP contribution is -2.45. The van der Waals surface area contributed by atoms with Crippen molar-refractivity contribution < 1.29 is 9.32 Å². The number of carbonyl (C=O) groups excluding carboxylic acids is 1. The molecule has 94 valence electrons. The first-order chi connectivity index (χ1) is 8.10. The van der Waals surface area contributed by atoms with Gasteiger partial charge >= 0.3 is 0 Å². The Kier molecular flexibility index (Phi) is 3.42. The minimum Gasteiger partial charge on any atom is -0.347 e. The third kappa shape index (κ3) is 2.82. The second-order valence-corrected chi connectivity index (χ2v) is 4.73. The van der Waals surface area contributed by atoms with Crippen LogP contribution in [0.5, 0.6) is 0 Å². The van der Waals surface area contributed by atoms with E-state index in [-0.39, 0.29) is 11.3 Å². The molecule has 0 atom stereocenters. The number of nitrogens with zero attached hydrogens (tertiary/aromatic N) is 2. The predicted octanol–water partition coefficient (Wildman–Crippen LogP) is 0.384. The number of aromatic nitrogens is 2. The molecule has 2 heterocycles. The molecule has 17 heavy (non-hydrogen) atoms. The number of piperidine rings is 1. The molecule has 0 radical (unpaired) electrons. The van der Waals surface area contributed by atoms with Gasteiger partial charge in [0, 0.05) is 5.41 Å². The molecule has 0 aromatic carbocycles. The summed E-state index contributed by atoms with van der Waals surface area (Å²) >= 11 is 0. The fraction of sp³-hybridized carbons (Fsp3) is 0.727. The molecule has 1 aliphatic rings. The second kappa shape index (κ2) is 4.83. The number of nitrogens with one attached hydrogen (secondary N) is 2. The summed E-state index contributed by atoms with van der Waals surface area (Å²) in [4.78, 5) is 16.1. The quantitative estimate of drug-likeness (QED) is 0.796.